The van der Waals surface area contributed by atoms with Crippen LogP contribution < -0.4 is 0 Å². The van der Waals surface area contributed by atoms with E-state index in [1.807, 2.05) is 35.2 Å². The smallest absolute Gasteiger partial charge is 0.254 e. The molecule has 1 aromatic carbocycles. The van der Waals surface area contributed by atoms with Crippen LogP contribution in [0.15, 0.2) is 30.3 Å². The van der Waals surface area contributed by atoms with Gasteiger partial charge in [0.1, 0.15) is 6.61 Å². The van der Waals surface area contributed by atoms with Crippen molar-refractivity contribution in [1.82, 2.24) is 9.80 Å². The molecule has 0 aliphatic carbocycles. The molecule has 23 heavy (non-hydrogen) atoms. The van der Waals surface area contributed by atoms with Crippen molar-refractivity contribution < 1.29 is 14.3 Å². The highest BCUT2D eigenvalue weighted by Gasteiger charge is 2.41. The molecule has 124 valence electrons. The zero-order valence-electron chi connectivity index (χ0n) is 13.6. The molecule has 3 rings (SSSR count). The van der Waals surface area contributed by atoms with Crippen LogP contribution >= 0.6 is 0 Å². The first-order chi connectivity index (χ1) is 11.2. The summed E-state index contributed by atoms with van der Waals surface area (Å²) in [7, 11) is 1.76. The van der Waals surface area contributed by atoms with Crippen molar-refractivity contribution in [3.63, 3.8) is 0 Å². The summed E-state index contributed by atoms with van der Waals surface area (Å²) >= 11 is 0. The number of likely N-dealkylation sites (tertiary alicyclic amines) is 1. The van der Waals surface area contributed by atoms with Gasteiger partial charge in [0.2, 0.25) is 5.91 Å². The van der Waals surface area contributed by atoms with Gasteiger partial charge in [-0.25, -0.2) is 0 Å². The summed E-state index contributed by atoms with van der Waals surface area (Å²) in [6, 6.07) is 9.33. The number of rotatable bonds is 2. The predicted molar refractivity (Wildman–Crippen MR) is 86.7 cm³/mol. The van der Waals surface area contributed by atoms with Crippen LogP contribution in [0.2, 0.25) is 0 Å². The van der Waals surface area contributed by atoms with Gasteiger partial charge in [-0.05, 0) is 18.4 Å². The van der Waals surface area contributed by atoms with Gasteiger partial charge in [0.25, 0.3) is 5.91 Å². The molecule has 0 spiro atoms. The zero-order chi connectivity index (χ0) is 16.2. The van der Waals surface area contributed by atoms with Gasteiger partial charge in [-0.2, -0.15) is 0 Å². The summed E-state index contributed by atoms with van der Waals surface area (Å²) < 4.78 is 5.70. The van der Waals surface area contributed by atoms with E-state index < -0.39 is 6.10 Å². The number of hydrogen-bond donors (Lipinski definition) is 0. The summed E-state index contributed by atoms with van der Waals surface area (Å²) in [6.45, 7) is 1.56. The van der Waals surface area contributed by atoms with Crippen LogP contribution in [0.1, 0.15) is 37.3 Å². The molecule has 2 aliphatic rings. The van der Waals surface area contributed by atoms with E-state index in [-0.39, 0.29) is 24.5 Å². The maximum atomic E-state index is 13.0. The first-order valence-corrected chi connectivity index (χ1v) is 8.39. The van der Waals surface area contributed by atoms with Gasteiger partial charge in [-0.15, -0.1) is 0 Å². The van der Waals surface area contributed by atoms with Gasteiger partial charge in [0.05, 0.1) is 6.04 Å². The van der Waals surface area contributed by atoms with E-state index in [0.29, 0.717) is 0 Å². The summed E-state index contributed by atoms with van der Waals surface area (Å²) in [5, 5.41) is 0. The lowest BCUT2D eigenvalue weighted by atomic mass is 9.97. The second-order valence-corrected chi connectivity index (χ2v) is 6.33. The molecule has 0 N–H and O–H groups in total. The molecular formula is C18H24N2O3. The van der Waals surface area contributed by atoms with Gasteiger partial charge in [-0.3, -0.25) is 9.59 Å². The van der Waals surface area contributed by atoms with Crippen LogP contribution in [0, 0.1) is 0 Å². The largest absolute Gasteiger partial charge is 0.356 e. The topological polar surface area (TPSA) is 49.9 Å². The minimum atomic E-state index is -0.613. The molecule has 0 saturated carbocycles. The first kappa shape index (κ1) is 16.0. The van der Waals surface area contributed by atoms with Crippen LogP contribution in [0.4, 0.5) is 0 Å². The third-order valence-electron chi connectivity index (χ3n) is 4.79. The monoisotopic (exact) mass is 316 g/mol. The Bertz CT molecular complexity index is 553. The average molecular weight is 316 g/mol. The lowest BCUT2D eigenvalue weighted by Gasteiger charge is -2.40. The number of hydrogen-bond acceptors (Lipinski definition) is 3. The summed E-state index contributed by atoms with van der Waals surface area (Å²) in [6.07, 6.45) is 3.83. The zero-order valence-corrected chi connectivity index (χ0v) is 13.6. The molecule has 2 fully saturated rings. The maximum Gasteiger partial charge on any atom is 0.254 e. The standard InChI is InChI=1S/C18H24N2O3/c1-19-15(21)13-23-17(16(19)14-9-5-4-6-10-14)18(22)20-11-7-2-3-8-12-20/h4-6,9-10,16-17H,2-3,7-8,11-13H2,1H3. The first-order valence-electron chi connectivity index (χ1n) is 8.39. The average Bonchev–Trinajstić information content (AvgIpc) is 2.86. The molecule has 2 heterocycles. The van der Waals surface area contributed by atoms with Crippen molar-refractivity contribution in [2.75, 3.05) is 26.7 Å². The van der Waals surface area contributed by atoms with Crippen LogP contribution in [0.5, 0.6) is 0 Å². The third-order valence-corrected chi connectivity index (χ3v) is 4.79. The van der Waals surface area contributed by atoms with Crippen molar-refractivity contribution in [1.29, 1.82) is 0 Å². The Morgan fingerprint density at radius 2 is 1.74 bits per heavy atom. The maximum absolute atomic E-state index is 13.0. The molecule has 0 radical (unpaired) electrons. The van der Waals surface area contributed by atoms with Gasteiger partial charge in [0.15, 0.2) is 6.10 Å². The van der Waals surface area contributed by atoms with Gasteiger partial charge < -0.3 is 14.5 Å². The minimum absolute atomic E-state index is 0.0140. The Labute approximate surface area is 137 Å². The highest BCUT2D eigenvalue weighted by molar-refractivity contribution is 5.86. The fourth-order valence-electron chi connectivity index (χ4n) is 3.44. The molecule has 1 aromatic rings. The molecular weight excluding hydrogens is 292 g/mol. The van der Waals surface area contributed by atoms with Gasteiger partial charge in [-0.1, -0.05) is 43.2 Å². The van der Waals surface area contributed by atoms with Crippen molar-refractivity contribution in [2.45, 2.75) is 37.8 Å². The van der Waals surface area contributed by atoms with Crippen LogP contribution in [-0.4, -0.2) is 54.5 Å². The van der Waals surface area contributed by atoms with E-state index in [0.717, 1.165) is 31.5 Å². The summed E-state index contributed by atoms with van der Waals surface area (Å²) in [4.78, 5) is 28.6. The minimum Gasteiger partial charge on any atom is -0.356 e. The molecule has 2 amide bonds. The van der Waals surface area contributed by atoms with E-state index in [1.54, 1.807) is 11.9 Å². The SMILES string of the molecule is CN1C(=O)COC(C(=O)N2CCCCCC2)C1c1ccccc1. The second-order valence-electron chi connectivity index (χ2n) is 6.33. The molecule has 5 heteroatoms. The van der Waals surface area contributed by atoms with Crippen molar-refractivity contribution in [3.8, 4) is 0 Å². The number of morpholine rings is 1. The molecule has 2 aliphatic heterocycles. The van der Waals surface area contributed by atoms with Gasteiger partial charge >= 0.3 is 0 Å². The molecule has 0 aromatic heterocycles. The highest BCUT2D eigenvalue weighted by Crippen LogP contribution is 2.30. The normalized spacial score (nSPS) is 26.0. The van der Waals surface area contributed by atoms with Crippen LogP contribution in [0.25, 0.3) is 0 Å². The number of carbonyl (C=O) groups excluding carboxylic acids is 2. The van der Waals surface area contributed by atoms with Gasteiger partial charge in [0, 0.05) is 20.1 Å². The Balaban J connectivity index is 1.85. The second kappa shape index (κ2) is 7.13. The Hall–Kier alpha value is -1.88. The van der Waals surface area contributed by atoms with Crippen molar-refractivity contribution in [2.24, 2.45) is 0 Å². The third kappa shape index (κ3) is 3.39. The summed E-state index contributed by atoms with van der Waals surface area (Å²) in [5.74, 6) is -0.0705. The van der Waals surface area contributed by atoms with Crippen LogP contribution in [-0.2, 0) is 14.3 Å². The lowest BCUT2D eigenvalue weighted by Crippen LogP contribution is -2.54. The Morgan fingerprint density at radius 1 is 1.09 bits per heavy atom. The fraction of sp³-hybridized carbons (Fsp3) is 0.556. The van der Waals surface area contributed by atoms with Crippen molar-refractivity contribution in [3.05, 3.63) is 35.9 Å². The number of amides is 2. The van der Waals surface area contributed by atoms with Crippen molar-refractivity contribution >= 4 is 11.8 Å². The molecule has 2 saturated heterocycles. The number of benzene rings is 1. The number of carbonyl (C=O) groups is 2. The quantitative estimate of drug-likeness (QED) is 0.838. The molecule has 2 unspecified atom stereocenters. The van der Waals surface area contributed by atoms with E-state index >= 15 is 0 Å². The van der Waals surface area contributed by atoms with Crippen LogP contribution in [0.3, 0.4) is 0 Å². The molecule has 2 atom stereocenters. The lowest BCUT2D eigenvalue weighted by molar-refractivity contribution is -0.167. The Morgan fingerprint density at radius 3 is 2.39 bits per heavy atom. The highest BCUT2D eigenvalue weighted by atomic mass is 16.5. The predicted octanol–water partition coefficient (Wildman–Crippen LogP) is 1.99. The van der Waals surface area contributed by atoms with E-state index in [4.69, 9.17) is 4.74 Å². The van der Waals surface area contributed by atoms with E-state index in [2.05, 4.69) is 0 Å². The number of nitrogens with zero attached hydrogens (tertiary/aromatic N) is 2. The number of likely N-dealkylation sites (N-methyl/N-ethyl adjacent to an activating group) is 1. The fourth-order valence-corrected chi connectivity index (χ4v) is 3.44. The Kier molecular flexibility index (Phi) is 4.96. The van der Waals surface area contributed by atoms with E-state index in [9.17, 15) is 9.59 Å². The molecule has 5 nitrogen and oxygen atoms in total. The summed E-state index contributed by atoms with van der Waals surface area (Å²) in [5.41, 5.74) is 0.941. The molecule has 0 bridgehead atoms. The van der Waals surface area contributed by atoms with E-state index in [1.165, 1.54) is 12.8 Å². The number of ether oxygens (including phenoxy) is 1.